The van der Waals surface area contributed by atoms with Crippen molar-refractivity contribution in [1.82, 2.24) is 15.3 Å². The molecule has 0 atom stereocenters. The highest BCUT2D eigenvalue weighted by atomic mass is 16.5. The number of rotatable bonds is 7. The minimum absolute atomic E-state index is 0.635. The number of methoxy groups -OCH3 is 1. The van der Waals surface area contributed by atoms with E-state index in [0.717, 1.165) is 42.1 Å². The van der Waals surface area contributed by atoms with Crippen LogP contribution >= 0.6 is 0 Å². The van der Waals surface area contributed by atoms with Gasteiger partial charge in [-0.3, -0.25) is 0 Å². The van der Waals surface area contributed by atoms with Crippen molar-refractivity contribution in [2.75, 3.05) is 37.9 Å². The van der Waals surface area contributed by atoms with E-state index in [1.54, 1.807) is 13.4 Å². The molecule has 130 valence electrons. The zero-order chi connectivity index (χ0) is 16.8. The van der Waals surface area contributed by atoms with Crippen LogP contribution in [0.25, 0.3) is 10.9 Å². The molecule has 24 heavy (non-hydrogen) atoms. The molecular formula is C18H27N5O. The molecule has 0 unspecified atom stereocenters. The van der Waals surface area contributed by atoms with Crippen molar-refractivity contribution in [3.63, 3.8) is 0 Å². The first-order chi connectivity index (χ1) is 11.8. The lowest BCUT2D eigenvalue weighted by Crippen LogP contribution is -2.36. The fourth-order valence-electron chi connectivity index (χ4n) is 3.39. The van der Waals surface area contributed by atoms with E-state index in [-0.39, 0.29) is 0 Å². The number of nitrogens with one attached hydrogen (secondary N) is 2. The second-order valence-electron chi connectivity index (χ2n) is 6.54. The topological polar surface area (TPSA) is 85.1 Å². The Morgan fingerprint density at radius 2 is 2.04 bits per heavy atom. The van der Waals surface area contributed by atoms with Gasteiger partial charge in [0.2, 0.25) is 0 Å². The Labute approximate surface area is 143 Å². The normalized spacial score (nSPS) is 21.0. The van der Waals surface area contributed by atoms with Crippen LogP contribution in [0.3, 0.4) is 0 Å². The highest BCUT2D eigenvalue weighted by Crippen LogP contribution is 2.26. The smallest absolute Gasteiger partial charge is 0.137 e. The monoisotopic (exact) mass is 329 g/mol. The second kappa shape index (κ2) is 8.26. The fraction of sp³-hybridized carbons (Fsp3) is 0.556. The van der Waals surface area contributed by atoms with Gasteiger partial charge < -0.3 is 21.1 Å². The number of nitrogen functional groups attached to an aromatic ring is 1. The molecule has 0 aliphatic heterocycles. The number of hydrogen-bond donors (Lipinski definition) is 3. The van der Waals surface area contributed by atoms with Crippen molar-refractivity contribution >= 4 is 22.4 Å². The van der Waals surface area contributed by atoms with Crippen molar-refractivity contribution in [3.8, 4) is 0 Å². The minimum Gasteiger partial charge on any atom is -0.399 e. The molecule has 0 saturated heterocycles. The Bertz CT molecular complexity index is 655. The predicted octanol–water partition coefficient (Wildman–Crippen LogP) is 2.42. The summed E-state index contributed by atoms with van der Waals surface area (Å²) in [5.41, 5.74) is 7.56. The van der Waals surface area contributed by atoms with Gasteiger partial charge in [-0.05, 0) is 49.8 Å². The maximum absolute atomic E-state index is 5.90. The molecule has 1 saturated carbocycles. The Kier molecular flexibility index (Phi) is 5.82. The van der Waals surface area contributed by atoms with Gasteiger partial charge >= 0.3 is 0 Å². The molecule has 1 aliphatic carbocycles. The van der Waals surface area contributed by atoms with E-state index in [1.165, 1.54) is 25.7 Å². The van der Waals surface area contributed by atoms with Crippen LogP contribution in [0.2, 0.25) is 0 Å². The molecule has 4 N–H and O–H groups in total. The summed E-state index contributed by atoms with van der Waals surface area (Å²) in [5, 5.41) is 8.06. The van der Waals surface area contributed by atoms with Gasteiger partial charge in [0.1, 0.15) is 12.1 Å². The van der Waals surface area contributed by atoms with Crippen LogP contribution in [0.4, 0.5) is 11.5 Å². The Morgan fingerprint density at radius 1 is 1.21 bits per heavy atom. The number of ether oxygens (including phenoxy) is 1. The Balaban J connectivity index is 1.51. The van der Waals surface area contributed by atoms with E-state index in [9.17, 15) is 0 Å². The molecular weight excluding hydrogens is 302 g/mol. The van der Waals surface area contributed by atoms with E-state index in [0.29, 0.717) is 12.0 Å². The largest absolute Gasteiger partial charge is 0.399 e. The van der Waals surface area contributed by atoms with Gasteiger partial charge in [0.25, 0.3) is 0 Å². The predicted molar refractivity (Wildman–Crippen MR) is 98.1 cm³/mol. The second-order valence-corrected chi connectivity index (χ2v) is 6.54. The average molecular weight is 329 g/mol. The lowest BCUT2D eigenvalue weighted by Gasteiger charge is -2.29. The summed E-state index contributed by atoms with van der Waals surface area (Å²) in [4.78, 5) is 8.69. The molecule has 0 amide bonds. The Hall–Kier alpha value is -1.92. The van der Waals surface area contributed by atoms with Crippen LogP contribution in [0.15, 0.2) is 24.5 Å². The molecule has 1 aromatic carbocycles. The number of nitrogens with two attached hydrogens (primary N) is 1. The highest BCUT2D eigenvalue weighted by molar-refractivity contribution is 5.91. The van der Waals surface area contributed by atoms with Crippen LogP contribution in [0.5, 0.6) is 0 Å². The van der Waals surface area contributed by atoms with Gasteiger partial charge in [0, 0.05) is 37.3 Å². The molecule has 1 fully saturated rings. The van der Waals surface area contributed by atoms with Gasteiger partial charge in [0.15, 0.2) is 0 Å². The molecule has 0 spiro atoms. The molecule has 1 aliphatic rings. The van der Waals surface area contributed by atoms with Crippen LogP contribution in [-0.4, -0.2) is 42.8 Å². The molecule has 2 aromatic rings. The third-order valence-electron chi connectivity index (χ3n) is 4.80. The standard InChI is InChI=1S/C18H27N5O/c1-24-9-8-20-15-5-2-13(3-6-15)11-21-18-16-10-14(19)4-7-17(16)22-12-23-18/h4,7,10,12-13,15,20H,2-3,5-6,8-9,11,19H2,1H3,(H,21,22,23). The van der Waals surface area contributed by atoms with Crippen molar-refractivity contribution in [2.45, 2.75) is 31.7 Å². The van der Waals surface area contributed by atoms with E-state index in [2.05, 4.69) is 20.6 Å². The summed E-state index contributed by atoms with van der Waals surface area (Å²) in [6.07, 6.45) is 6.55. The first-order valence-electron chi connectivity index (χ1n) is 8.72. The summed E-state index contributed by atoms with van der Waals surface area (Å²) in [6.45, 7) is 2.68. The van der Waals surface area contributed by atoms with Gasteiger partial charge in [0.05, 0.1) is 12.1 Å². The Morgan fingerprint density at radius 3 is 2.83 bits per heavy atom. The van der Waals surface area contributed by atoms with Crippen molar-refractivity contribution < 1.29 is 4.74 Å². The molecule has 3 rings (SSSR count). The number of anilines is 2. The third kappa shape index (κ3) is 4.33. The molecule has 1 heterocycles. The number of aromatic nitrogens is 2. The first kappa shape index (κ1) is 16.9. The van der Waals surface area contributed by atoms with Crippen molar-refractivity contribution in [1.29, 1.82) is 0 Å². The maximum atomic E-state index is 5.90. The number of nitrogens with zero attached hydrogens (tertiary/aromatic N) is 2. The van der Waals surface area contributed by atoms with E-state index < -0.39 is 0 Å². The number of fused-ring (bicyclic) bond motifs is 1. The van der Waals surface area contributed by atoms with E-state index in [4.69, 9.17) is 10.5 Å². The zero-order valence-corrected chi connectivity index (χ0v) is 14.3. The van der Waals surface area contributed by atoms with Crippen LogP contribution < -0.4 is 16.4 Å². The van der Waals surface area contributed by atoms with Gasteiger partial charge in [-0.2, -0.15) is 0 Å². The molecule has 1 aromatic heterocycles. The summed E-state index contributed by atoms with van der Waals surface area (Å²) >= 11 is 0. The minimum atomic E-state index is 0.635. The number of hydrogen-bond acceptors (Lipinski definition) is 6. The van der Waals surface area contributed by atoms with Gasteiger partial charge in [-0.15, -0.1) is 0 Å². The van der Waals surface area contributed by atoms with Crippen LogP contribution in [-0.2, 0) is 4.74 Å². The lowest BCUT2D eigenvalue weighted by molar-refractivity contribution is 0.189. The zero-order valence-electron chi connectivity index (χ0n) is 14.3. The molecule has 0 bridgehead atoms. The summed E-state index contributed by atoms with van der Waals surface area (Å²) < 4.78 is 5.09. The van der Waals surface area contributed by atoms with Gasteiger partial charge in [-0.25, -0.2) is 9.97 Å². The van der Waals surface area contributed by atoms with Crippen molar-refractivity contribution in [3.05, 3.63) is 24.5 Å². The lowest BCUT2D eigenvalue weighted by atomic mass is 9.86. The van der Waals surface area contributed by atoms with Gasteiger partial charge in [-0.1, -0.05) is 0 Å². The van der Waals surface area contributed by atoms with Crippen molar-refractivity contribution in [2.24, 2.45) is 5.92 Å². The molecule has 6 nitrogen and oxygen atoms in total. The summed E-state index contributed by atoms with van der Waals surface area (Å²) in [7, 11) is 1.74. The summed E-state index contributed by atoms with van der Waals surface area (Å²) in [5.74, 6) is 1.57. The fourth-order valence-corrected chi connectivity index (χ4v) is 3.39. The maximum Gasteiger partial charge on any atom is 0.137 e. The third-order valence-corrected chi connectivity index (χ3v) is 4.80. The highest BCUT2D eigenvalue weighted by Gasteiger charge is 2.20. The number of benzene rings is 1. The van der Waals surface area contributed by atoms with E-state index >= 15 is 0 Å². The van der Waals surface area contributed by atoms with Crippen LogP contribution in [0, 0.1) is 5.92 Å². The van der Waals surface area contributed by atoms with Crippen LogP contribution in [0.1, 0.15) is 25.7 Å². The first-order valence-corrected chi connectivity index (χ1v) is 8.72. The quantitative estimate of drug-likeness (QED) is 0.534. The molecule has 6 heteroatoms. The SMILES string of the molecule is COCCNC1CCC(CNc2ncnc3ccc(N)cc23)CC1. The summed E-state index contributed by atoms with van der Waals surface area (Å²) in [6, 6.07) is 6.38. The van der Waals surface area contributed by atoms with E-state index in [1.807, 2.05) is 18.2 Å². The molecule has 0 radical (unpaired) electrons. The average Bonchev–Trinajstić information content (AvgIpc) is 2.61.